The van der Waals surface area contributed by atoms with Gasteiger partial charge in [-0.3, -0.25) is 4.79 Å². The first-order valence-electron chi connectivity index (χ1n) is 14.2. The van der Waals surface area contributed by atoms with Gasteiger partial charge < -0.3 is 14.6 Å². The zero-order valence-electron chi connectivity index (χ0n) is 26.0. The lowest BCUT2D eigenvalue weighted by Crippen LogP contribution is -2.24. The molecule has 4 nitrogen and oxygen atoms in total. The molecule has 0 aliphatic heterocycles. The molecule has 0 spiro atoms. The predicted molar refractivity (Wildman–Crippen MR) is 164 cm³/mol. The van der Waals surface area contributed by atoms with Crippen LogP contribution in [0, 0.1) is 5.41 Å². The number of rotatable bonds is 10. The molecule has 3 rings (SSSR count). The number of benzene rings is 2. The number of allylic oxidation sites excluding steroid dienone is 2. The molecule has 0 saturated heterocycles. The van der Waals surface area contributed by atoms with Crippen LogP contribution in [0.1, 0.15) is 98.1 Å². The van der Waals surface area contributed by atoms with Crippen molar-refractivity contribution in [3.8, 4) is 5.75 Å². The van der Waals surface area contributed by atoms with E-state index in [0.29, 0.717) is 18.6 Å². The summed E-state index contributed by atoms with van der Waals surface area (Å²) >= 11 is 0. The number of carbonyl (C=O) groups excluding carboxylic acids is 1. The Bertz CT molecular complexity index is 850. The van der Waals surface area contributed by atoms with Crippen LogP contribution in [0.3, 0.4) is 0 Å². The van der Waals surface area contributed by atoms with Gasteiger partial charge in [0.25, 0.3) is 0 Å². The fourth-order valence-electron chi connectivity index (χ4n) is 4.00. The molecule has 2 aromatic rings. The number of ether oxygens (including phenoxy) is 2. The number of methoxy groups -OCH3 is 2. The van der Waals surface area contributed by atoms with Crippen LogP contribution in [0.2, 0.25) is 0 Å². The minimum atomic E-state index is 0.0299. The van der Waals surface area contributed by atoms with Crippen LogP contribution >= 0.6 is 0 Å². The van der Waals surface area contributed by atoms with Crippen molar-refractivity contribution in [2.75, 3.05) is 21.3 Å². The topological polar surface area (TPSA) is 55.8 Å². The van der Waals surface area contributed by atoms with Gasteiger partial charge in [0.15, 0.2) is 0 Å². The summed E-state index contributed by atoms with van der Waals surface area (Å²) in [5, 5.41) is 9.32. The van der Waals surface area contributed by atoms with E-state index in [4.69, 9.17) is 4.74 Å². The van der Waals surface area contributed by atoms with Gasteiger partial charge in [0, 0.05) is 27.1 Å². The molecule has 1 aliphatic carbocycles. The molecular weight excluding hydrogens is 472 g/mol. The van der Waals surface area contributed by atoms with E-state index in [1.54, 1.807) is 33.5 Å². The van der Waals surface area contributed by atoms with Gasteiger partial charge in [0.05, 0.1) is 12.9 Å². The minimum absolute atomic E-state index is 0.0299. The number of Topliss-reactive ketones (excluding diaryl/α,β-unsaturated/α-hetero) is 1. The lowest BCUT2D eigenvalue weighted by Gasteiger charge is -2.29. The van der Waals surface area contributed by atoms with Crippen LogP contribution in [0.4, 0.5) is 0 Å². The lowest BCUT2D eigenvalue weighted by molar-refractivity contribution is -0.121. The number of hydrogen-bond donors (Lipinski definition) is 1. The Labute approximate surface area is 234 Å². The molecule has 2 aromatic carbocycles. The molecule has 0 heterocycles. The second kappa shape index (κ2) is 23.5. The average Bonchev–Trinajstić information content (AvgIpc) is 3.77. The van der Waals surface area contributed by atoms with Gasteiger partial charge in [-0.05, 0) is 73.3 Å². The Morgan fingerprint density at radius 2 is 1.42 bits per heavy atom. The first-order chi connectivity index (χ1) is 18.3. The second-order valence-corrected chi connectivity index (χ2v) is 9.38. The standard InChI is InChI=1S/C22H28O2.C6H10O.C2H6O.2C2H6/c1-3-15-22(2,16-19-7-5-4-6-8-19)17-21(24)14-11-18-9-12-20(23)13-10-18;1-5(7-2)6-3-4-6;1-3-2;2*1-2/h4-10,12-13,23H,3,11,14-17H2,1-2H3;3-4H2,1-2H3;1-2H3;2*1-2H3. The van der Waals surface area contributed by atoms with Gasteiger partial charge in [-0.25, -0.2) is 0 Å². The summed E-state index contributed by atoms with van der Waals surface area (Å²) in [7, 11) is 4.97. The van der Waals surface area contributed by atoms with Crippen molar-refractivity contribution in [2.24, 2.45) is 5.41 Å². The normalized spacial score (nSPS) is 12.3. The minimum Gasteiger partial charge on any atom is -0.508 e. The first kappa shape index (κ1) is 37.6. The Hall–Kier alpha value is -2.59. The molecule has 1 N–H and O–H groups in total. The fraction of sp³-hybridized carbons (Fsp3) is 0.559. The highest BCUT2D eigenvalue weighted by Crippen LogP contribution is 2.33. The van der Waals surface area contributed by atoms with Crippen molar-refractivity contribution in [1.29, 1.82) is 0 Å². The van der Waals surface area contributed by atoms with E-state index in [0.717, 1.165) is 37.0 Å². The third-order valence-corrected chi connectivity index (χ3v) is 5.88. The van der Waals surface area contributed by atoms with Crippen molar-refractivity contribution in [1.82, 2.24) is 0 Å². The molecule has 0 bridgehead atoms. The fourth-order valence-corrected chi connectivity index (χ4v) is 4.00. The number of phenolic OH excluding ortho intramolecular Hbond substituents is 1. The lowest BCUT2D eigenvalue weighted by atomic mass is 9.75. The average molecular weight is 529 g/mol. The van der Waals surface area contributed by atoms with E-state index >= 15 is 0 Å². The molecule has 1 unspecified atom stereocenters. The summed E-state index contributed by atoms with van der Waals surface area (Å²) in [6, 6.07) is 17.6. The summed E-state index contributed by atoms with van der Waals surface area (Å²) in [6.45, 7) is 14.4. The maximum Gasteiger partial charge on any atom is 0.133 e. The SMILES string of the molecule is CC.CC.CCCC(C)(CC(=O)CCc1ccc(O)cc1)Cc1ccccc1.COC.COC(C)=C1CC1. The largest absolute Gasteiger partial charge is 0.508 e. The highest BCUT2D eigenvalue weighted by Gasteiger charge is 2.26. The molecule has 216 valence electrons. The number of aryl methyl sites for hydroxylation is 1. The van der Waals surface area contributed by atoms with Gasteiger partial charge >= 0.3 is 0 Å². The number of phenols is 1. The molecule has 0 radical (unpaired) electrons. The third-order valence-electron chi connectivity index (χ3n) is 5.88. The quantitative estimate of drug-likeness (QED) is 0.312. The van der Waals surface area contributed by atoms with Gasteiger partial charge in [-0.2, -0.15) is 0 Å². The Morgan fingerprint density at radius 3 is 1.84 bits per heavy atom. The summed E-state index contributed by atoms with van der Waals surface area (Å²) in [5.41, 5.74) is 3.92. The van der Waals surface area contributed by atoms with Crippen LogP contribution in [-0.4, -0.2) is 32.2 Å². The van der Waals surface area contributed by atoms with Gasteiger partial charge in [-0.1, -0.05) is 90.4 Å². The molecule has 1 atom stereocenters. The maximum atomic E-state index is 12.5. The van der Waals surface area contributed by atoms with Crippen molar-refractivity contribution in [2.45, 2.75) is 99.8 Å². The Kier molecular flexibility index (Phi) is 23.2. The molecule has 1 aliphatic rings. The summed E-state index contributed by atoms with van der Waals surface area (Å²) in [4.78, 5) is 12.5. The number of aromatic hydroxyl groups is 1. The Balaban J connectivity index is 0. The highest BCUT2D eigenvalue weighted by molar-refractivity contribution is 5.79. The molecule has 1 saturated carbocycles. The Morgan fingerprint density at radius 1 is 0.895 bits per heavy atom. The van der Waals surface area contributed by atoms with Crippen molar-refractivity contribution in [3.63, 3.8) is 0 Å². The van der Waals surface area contributed by atoms with E-state index in [9.17, 15) is 9.90 Å². The highest BCUT2D eigenvalue weighted by atomic mass is 16.5. The summed E-state index contributed by atoms with van der Waals surface area (Å²) in [5.74, 6) is 1.72. The van der Waals surface area contributed by atoms with Crippen LogP contribution in [0.15, 0.2) is 65.9 Å². The predicted octanol–water partition coefficient (Wildman–Crippen LogP) is 9.35. The number of ketones is 1. The van der Waals surface area contributed by atoms with E-state index in [-0.39, 0.29) is 11.2 Å². The van der Waals surface area contributed by atoms with Crippen molar-refractivity contribution >= 4 is 5.78 Å². The molecule has 38 heavy (non-hydrogen) atoms. The van der Waals surface area contributed by atoms with Gasteiger partial charge in [-0.15, -0.1) is 0 Å². The molecule has 0 aromatic heterocycles. The molecule has 4 heteroatoms. The second-order valence-electron chi connectivity index (χ2n) is 9.38. The summed E-state index contributed by atoms with van der Waals surface area (Å²) < 4.78 is 9.20. The maximum absolute atomic E-state index is 12.5. The molecule has 0 amide bonds. The molecule has 1 fully saturated rings. The van der Waals surface area contributed by atoms with E-state index in [2.05, 4.69) is 42.8 Å². The van der Waals surface area contributed by atoms with Crippen LogP contribution in [0.25, 0.3) is 0 Å². The number of hydrogen-bond acceptors (Lipinski definition) is 4. The van der Waals surface area contributed by atoms with Crippen molar-refractivity contribution in [3.05, 3.63) is 77.1 Å². The van der Waals surface area contributed by atoms with Crippen LogP contribution < -0.4 is 0 Å². The van der Waals surface area contributed by atoms with Crippen LogP contribution in [-0.2, 0) is 27.1 Å². The monoisotopic (exact) mass is 528 g/mol. The van der Waals surface area contributed by atoms with Crippen molar-refractivity contribution < 1.29 is 19.4 Å². The summed E-state index contributed by atoms with van der Waals surface area (Å²) in [6.07, 6.45) is 7.58. The smallest absolute Gasteiger partial charge is 0.133 e. The molecular formula is C34H56O4. The van der Waals surface area contributed by atoms with E-state index in [1.165, 1.54) is 24.0 Å². The van der Waals surface area contributed by atoms with E-state index < -0.39 is 0 Å². The van der Waals surface area contributed by atoms with Crippen LogP contribution in [0.5, 0.6) is 5.75 Å². The third kappa shape index (κ3) is 18.6. The van der Waals surface area contributed by atoms with E-state index in [1.807, 2.05) is 52.8 Å². The first-order valence-corrected chi connectivity index (χ1v) is 14.2. The van der Waals surface area contributed by atoms with Gasteiger partial charge in [0.2, 0.25) is 0 Å². The zero-order chi connectivity index (χ0) is 29.4. The zero-order valence-corrected chi connectivity index (χ0v) is 26.0. The van der Waals surface area contributed by atoms with Gasteiger partial charge in [0.1, 0.15) is 11.5 Å². The number of carbonyl (C=O) groups is 1.